The summed E-state index contributed by atoms with van der Waals surface area (Å²) >= 11 is 0. The Labute approximate surface area is 152 Å². The number of fused-ring (bicyclic) bond motifs is 2. The number of hydrogen-bond acceptors (Lipinski definition) is 4. The summed E-state index contributed by atoms with van der Waals surface area (Å²) in [5, 5.41) is 9.53. The van der Waals surface area contributed by atoms with Gasteiger partial charge in [0.05, 0.1) is 6.61 Å². The van der Waals surface area contributed by atoms with Gasteiger partial charge in [0.1, 0.15) is 12.0 Å². The standard InChI is InChI=1S/C17H23NO3.Pb/c1-18-13-7-8-14(18)10-15(9-13)21-17(20)16(11-19)12-5-3-2-4-6-12;/h2-6,13-16,19H,7-11H2,1H3;. The Morgan fingerprint density at radius 2 is 1.86 bits per heavy atom. The fourth-order valence-corrected chi connectivity index (χ4v) is 3.71. The van der Waals surface area contributed by atoms with Crippen molar-refractivity contribution in [1.29, 1.82) is 0 Å². The van der Waals surface area contributed by atoms with Gasteiger partial charge in [0.15, 0.2) is 0 Å². The Morgan fingerprint density at radius 3 is 2.41 bits per heavy atom. The number of hydrogen-bond donors (Lipinski definition) is 1. The fraction of sp³-hybridized carbons (Fsp3) is 0.588. The maximum atomic E-state index is 12.4. The van der Waals surface area contributed by atoms with Gasteiger partial charge in [0.2, 0.25) is 0 Å². The van der Waals surface area contributed by atoms with E-state index in [1.807, 2.05) is 30.3 Å². The Bertz CT molecular complexity index is 482. The second kappa shape index (κ2) is 7.88. The van der Waals surface area contributed by atoms with E-state index in [0.29, 0.717) is 12.1 Å². The third-order valence-electron chi connectivity index (χ3n) is 5.01. The van der Waals surface area contributed by atoms with Crippen LogP contribution in [0, 0.1) is 0 Å². The van der Waals surface area contributed by atoms with Crippen molar-refractivity contribution in [2.45, 2.75) is 49.8 Å². The van der Waals surface area contributed by atoms with Crippen LogP contribution in [0.3, 0.4) is 0 Å². The van der Waals surface area contributed by atoms with E-state index < -0.39 is 5.92 Å². The summed E-state index contributed by atoms with van der Waals surface area (Å²) in [6.07, 6.45) is 4.26. The minimum Gasteiger partial charge on any atom is -0.462 e. The van der Waals surface area contributed by atoms with Crippen molar-refractivity contribution < 1.29 is 14.6 Å². The molecule has 1 aromatic carbocycles. The van der Waals surface area contributed by atoms with E-state index in [0.717, 1.165) is 18.4 Å². The molecule has 2 aliphatic heterocycles. The predicted octanol–water partition coefficient (Wildman–Crippen LogP) is 1.55. The van der Waals surface area contributed by atoms with Gasteiger partial charge >= 0.3 is 5.97 Å². The molecule has 2 saturated heterocycles. The average Bonchev–Trinajstić information content (AvgIpc) is 2.72. The van der Waals surface area contributed by atoms with Crippen LogP contribution in [0.5, 0.6) is 0 Å². The number of esters is 1. The first-order valence-corrected chi connectivity index (χ1v) is 7.77. The van der Waals surface area contributed by atoms with E-state index in [2.05, 4.69) is 11.9 Å². The Kier molecular flexibility index (Phi) is 6.40. The van der Waals surface area contributed by atoms with Crippen LogP contribution in [0.25, 0.3) is 0 Å². The van der Waals surface area contributed by atoms with Gasteiger partial charge < -0.3 is 14.7 Å². The van der Waals surface area contributed by atoms with Crippen molar-refractivity contribution in [3.05, 3.63) is 35.9 Å². The molecule has 22 heavy (non-hydrogen) atoms. The second-order valence-corrected chi connectivity index (χ2v) is 6.23. The van der Waals surface area contributed by atoms with Gasteiger partial charge in [-0.1, -0.05) is 30.3 Å². The largest absolute Gasteiger partial charge is 0.462 e. The Hall–Kier alpha value is -0.468. The third-order valence-corrected chi connectivity index (χ3v) is 5.01. The van der Waals surface area contributed by atoms with Gasteiger partial charge in [0, 0.05) is 39.4 Å². The smallest absolute Gasteiger partial charge is 0.316 e. The molecule has 3 rings (SSSR count). The summed E-state index contributed by atoms with van der Waals surface area (Å²) in [6.45, 7) is -0.206. The predicted molar refractivity (Wildman–Crippen MR) is 85.7 cm³/mol. The van der Waals surface area contributed by atoms with E-state index in [1.165, 1.54) is 12.8 Å². The minimum atomic E-state index is -0.566. The first-order valence-electron chi connectivity index (χ1n) is 7.77. The molecule has 0 spiro atoms. The average molecular weight is 497 g/mol. The molecule has 2 bridgehead atoms. The van der Waals surface area contributed by atoms with Crippen molar-refractivity contribution in [2.24, 2.45) is 0 Å². The monoisotopic (exact) mass is 497 g/mol. The van der Waals surface area contributed by atoms with Crippen molar-refractivity contribution in [3.8, 4) is 0 Å². The first kappa shape index (κ1) is 17.9. The van der Waals surface area contributed by atoms with E-state index in [4.69, 9.17) is 4.74 Å². The molecule has 4 nitrogen and oxygen atoms in total. The molecule has 3 atom stereocenters. The minimum absolute atomic E-state index is 0. The summed E-state index contributed by atoms with van der Waals surface area (Å²) in [6, 6.07) is 10.5. The van der Waals surface area contributed by atoms with Crippen molar-refractivity contribution in [2.75, 3.05) is 13.7 Å². The molecule has 118 valence electrons. The summed E-state index contributed by atoms with van der Waals surface area (Å²) < 4.78 is 5.70. The van der Waals surface area contributed by atoms with Crippen LogP contribution in [0.2, 0.25) is 0 Å². The molecule has 2 fully saturated rings. The number of rotatable bonds is 4. The van der Waals surface area contributed by atoms with E-state index >= 15 is 0 Å². The van der Waals surface area contributed by atoms with E-state index in [9.17, 15) is 9.90 Å². The quantitative estimate of drug-likeness (QED) is 0.508. The molecular formula is C17H23NO3Pb. The maximum Gasteiger partial charge on any atom is 0.316 e. The summed E-state index contributed by atoms with van der Waals surface area (Å²) in [5.74, 6) is -0.860. The molecule has 1 N–H and O–H groups in total. The third kappa shape index (κ3) is 3.71. The zero-order chi connectivity index (χ0) is 14.8. The SMILES string of the molecule is CN1C2CCC1CC(OC(=O)C(CO)c1ccccc1)C2.[Pb]. The number of carbonyl (C=O) groups excluding carboxylic acids is 1. The number of piperidine rings is 1. The molecule has 0 aliphatic carbocycles. The van der Waals surface area contributed by atoms with Crippen LogP contribution in [0.15, 0.2) is 30.3 Å². The van der Waals surface area contributed by atoms with Gasteiger partial charge in [-0.25, -0.2) is 0 Å². The molecule has 0 amide bonds. The van der Waals surface area contributed by atoms with E-state index in [-0.39, 0.29) is 46.0 Å². The van der Waals surface area contributed by atoms with Crippen LogP contribution < -0.4 is 0 Å². The Morgan fingerprint density at radius 1 is 1.27 bits per heavy atom. The molecule has 5 heteroatoms. The molecule has 4 radical (unpaired) electrons. The molecule has 0 saturated carbocycles. The van der Waals surface area contributed by atoms with Crippen LogP contribution in [-0.2, 0) is 9.53 Å². The van der Waals surface area contributed by atoms with E-state index in [1.54, 1.807) is 0 Å². The van der Waals surface area contributed by atoms with Gasteiger partial charge in [-0.15, -0.1) is 0 Å². The number of carbonyl (C=O) groups is 1. The summed E-state index contributed by atoms with van der Waals surface area (Å²) in [4.78, 5) is 14.8. The molecule has 2 heterocycles. The summed E-state index contributed by atoms with van der Waals surface area (Å²) in [7, 11) is 2.17. The molecule has 0 aromatic heterocycles. The normalized spacial score (nSPS) is 28.7. The topological polar surface area (TPSA) is 49.8 Å². The van der Waals surface area contributed by atoms with Crippen molar-refractivity contribution in [1.82, 2.24) is 4.90 Å². The maximum absolute atomic E-state index is 12.4. The van der Waals surface area contributed by atoms with Crippen LogP contribution >= 0.6 is 0 Å². The molecule has 3 unspecified atom stereocenters. The number of benzene rings is 1. The van der Waals surface area contributed by atoms with Gasteiger partial charge in [-0.2, -0.15) is 0 Å². The van der Waals surface area contributed by atoms with Crippen LogP contribution in [0.4, 0.5) is 0 Å². The first-order chi connectivity index (χ1) is 10.2. The van der Waals surface area contributed by atoms with Crippen molar-refractivity contribution in [3.63, 3.8) is 0 Å². The fourth-order valence-electron chi connectivity index (χ4n) is 3.71. The van der Waals surface area contributed by atoms with Gasteiger partial charge in [-0.05, 0) is 38.3 Å². The van der Waals surface area contributed by atoms with Crippen LogP contribution in [0.1, 0.15) is 37.2 Å². The molecular weight excluding hydrogens is 473 g/mol. The number of nitrogens with zero attached hydrogens (tertiary/aromatic N) is 1. The summed E-state index contributed by atoms with van der Waals surface area (Å²) in [5.41, 5.74) is 0.820. The van der Waals surface area contributed by atoms with Crippen molar-refractivity contribution >= 4 is 33.3 Å². The number of aliphatic hydroxyl groups is 1. The second-order valence-electron chi connectivity index (χ2n) is 6.23. The number of ether oxygens (including phenoxy) is 1. The van der Waals surface area contributed by atoms with Gasteiger partial charge in [-0.3, -0.25) is 4.79 Å². The zero-order valence-corrected chi connectivity index (χ0v) is 16.8. The molecule has 1 aromatic rings. The Balaban J connectivity index is 0.00000176. The van der Waals surface area contributed by atoms with Crippen LogP contribution in [-0.4, -0.2) is 75.1 Å². The van der Waals surface area contributed by atoms with Gasteiger partial charge in [0.25, 0.3) is 0 Å². The zero-order valence-electron chi connectivity index (χ0n) is 12.9. The number of aliphatic hydroxyl groups excluding tert-OH is 1. The molecule has 2 aliphatic rings.